The molecule has 1 aliphatic heterocycles. The molecule has 1 aliphatic rings. The van der Waals surface area contributed by atoms with Gasteiger partial charge in [-0.15, -0.1) is 0 Å². The van der Waals surface area contributed by atoms with Gasteiger partial charge in [-0.25, -0.2) is 4.79 Å². The van der Waals surface area contributed by atoms with E-state index in [4.69, 9.17) is 5.73 Å². The SMILES string of the molecule is CCC(C)C(N)C(=O)NC(Cc1c[nH]c2ccccc12)C(=O)NCC(=O)N1CCCC1C(=O)O. The number of benzene rings is 1. The second-order valence-corrected chi connectivity index (χ2v) is 8.84. The number of rotatable bonds is 10. The number of amides is 3. The van der Waals surface area contributed by atoms with Crippen molar-refractivity contribution in [1.29, 1.82) is 0 Å². The van der Waals surface area contributed by atoms with Crippen LogP contribution in [0.2, 0.25) is 0 Å². The van der Waals surface area contributed by atoms with Crippen molar-refractivity contribution in [3.8, 4) is 0 Å². The summed E-state index contributed by atoms with van der Waals surface area (Å²) in [6, 6.07) is 5.02. The molecule has 0 spiro atoms. The summed E-state index contributed by atoms with van der Waals surface area (Å²) in [6.07, 6.45) is 3.69. The summed E-state index contributed by atoms with van der Waals surface area (Å²) in [5, 5.41) is 15.6. The molecule has 10 nitrogen and oxygen atoms in total. The van der Waals surface area contributed by atoms with Crippen molar-refractivity contribution in [3.63, 3.8) is 0 Å². The van der Waals surface area contributed by atoms with Gasteiger partial charge in [-0.2, -0.15) is 0 Å². The number of fused-ring (bicyclic) bond motifs is 1. The lowest BCUT2D eigenvalue weighted by atomic mass is 9.98. The Balaban J connectivity index is 1.72. The zero-order valence-electron chi connectivity index (χ0n) is 19.5. The minimum absolute atomic E-state index is 0.0681. The monoisotopic (exact) mass is 471 g/mol. The first kappa shape index (κ1) is 25.2. The van der Waals surface area contributed by atoms with Gasteiger partial charge in [0, 0.05) is 30.1 Å². The largest absolute Gasteiger partial charge is 0.480 e. The summed E-state index contributed by atoms with van der Waals surface area (Å²) in [7, 11) is 0. The molecule has 1 aromatic carbocycles. The number of likely N-dealkylation sites (tertiary alicyclic amines) is 1. The van der Waals surface area contributed by atoms with Gasteiger partial charge in [0.25, 0.3) is 0 Å². The van der Waals surface area contributed by atoms with Crippen molar-refractivity contribution in [1.82, 2.24) is 20.5 Å². The predicted molar refractivity (Wildman–Crippen MR) is 127 cm³/mol. The van der Waals surface area contributed by atoms with Crippen LogP contribution in [-0.4, -0.2) is 69.9 Å². The van der Waals surface area contributed by atoms with Gasteiger partial charge in [-0.05, 0) is 30.4 Å². The van der Waals surface area contributed by atoms with E-state index in [0.717, 1.165) is 16.5 Å². The summed E-state index contributed by atoms with van der Waals surface area (Å²) >= 11 is 0. The number of aromatic amines is 1. The van der Waals surface area contributed by atoms with Crippen LogP contribution in [0.1, 0.15) is 38.7 Å². The van der Waals surface area contributed by atoms with Crippen LogP contribution < -0.4 is 16.4 Å². The Morgan fingerprint density at radius 1 is 1.24 bits per heavy atom. The predicted octanol–water partition coefficient (Wildman–Crippen LogP) is 0.760. The van der Waals surface area contributed by atoms with Crippen LogP contribution >= 0.6 is 0 Å². The van der Waals surface area contributed by atoms with E-state index < -0.39 is 41.8 Å². The lowest BCUT2D eigenvalue weighted by Gasteiger charge is -2.24. The van der Waals surface area contributed by atoms with Crippen LogP contribution in [-0.2, 0) is 25.6 Å². The third kappa shape index (κ3) is 5.74. The third-order valence-corrected chi connectivity index (χ3v) is 6.56. The van der Waals surface area contributed by atoms with E-state index in [9.17, 15) is 24.3 Å². The number of nitrogens with zero attached hydrogens (tertiary/aromatic N) is 1. The van der Waals surface area contributed by atoms with E-state index in [0.29, 0.717) is 25.8 Å². The molecule has 0 saturated carbocycles. The number of aromatic nitrogens is 1. The normalized spacial score (nSPS) is 18.3. The van der Waals surface area contributed by atoms with E-state index in [1.807, 2.05) is 38.1 Å². The molecule has 3 rings (SSSR count). The average molecular weight is 472 g/mol. The molecule has 0 bridgehead atoms. The number of hydrogen-bond acceptors (Lipinski definition) is 5. The average Bonchev–Trinajstić information content (AvgIpc) is 3.48. The molecule has 4 unspecified atom stereocenters. The Labute approximate surface area is 198 Å². The quantitative estimate of drug-likeness (QED) is 0.344. The van der Waals surface area contributed by atoms with E-state index >= 15 is 0 Å². The summed E-state index contributed by atoms with van der Waals surface area (Å²) in [5.41, 5.74) is 7.81. The highest BCUT2D eigenvalue weighted by atomic mass is 16.4. The van der Waals surface area contributed by atoms with E-state index in [-0.39, 0.29) is 18.9 Å². The molecule has 0 aliphatic carbocycles. The Hall–Kier alpha value is -3.40. The van der Waals surface area contributed by atoms with E-state index in [1.54, 1.807) is 6.20 Å². The number of nitrogens with one attached hydrogen (secondary N) is 3. The fourth-order valence-corrected chi connectivity index (χ4v) is 4.22. The highest BCUT2D eigenvalue weighted by molar-refractivity contribution is 5.93. The van der Waals surface area contributed by atoms with Gasteiger partial charge in [0.05, 0.1) is 12.6 Å². The molecule has 3 amide bonds. The second-order valence-electron chi connectivity index (χ2n) is 8.84. The maximum atomic E-state index is 13.1. The van der Waals surface area contributed by atoms with Gasteiger partial charge in [-0.1, -0.05) is 38.5 Å². The molecule has 6 N–H and O–H groups in total. The van der Waals surface area contributed by atoms with Crippen molar-refractivity contribution >= 4 is 34.6 Å². The van der Waals surface area contributed by atoms with Gasteiger partial charge in [0.15, 0.2) is 0 Å². The zero-order valence-corrected chi connectivity index (χ0v) is 19.5. The second kappa shape index (κ2) is 11.1. The smallest absolute Gasteiger partial charge is 0.326 e. The fraction of sp³-hybridized carbons (Fsp3) is 0.500. The third-order valence-electron chi connectivity index (χ3n) is 6.56. The number of hydrogen-bond donors (Lipinski definition) is 5. The number of H-pyrrole nitrogens is 1. The summed E-state index contributed by atoms with van der Waals surface area (Å²) in [4.78, 5) is 54.2. The fourth-order valence-electron chi connectivity index (χ4n) is 4.22. The molecule has 1 saturated heterocycles. The van der Waals surface area contributed by atoms with Crippen LogP contribution in [0.15, 0.2) is 30.5 Å². The van der Waals surface area contributed by atoms with Crippen LogP contribution in [0.3, 0.4) is 0 Å². The molecule has 184 valence electrons. The van der Waals surface area contributed by atoms with Crippen molar-refractivity contribution in [2.75, 3.05) is 13.1 Å². The number of carboxylic acid groups (broad SMARTS) is 1. The molecule has 10 heteroatoms. The number of nitrogens with two attached hydrogens (primary N) is 1. The number of para-hydroxylation sites is 1. The number of carbonyl (C=O) groups excluding carboxylic acids is 3. The van der Waals surface area contributed by atoms with Crippen LogP contribution in [0.4, 0.5) is 0 Å². The number of aliphatic carboxylic acids is 1. The maximum Gasteiger partial charge on any atom is 0.326 e. The molecule has 2 aromatic rings. The summed E-state index contributed by atoms with van der Waals surface area (Å²) in [5.74, 6) is -2.56. The standard InChI is InChI=1S/C24H33N5O5/c1-3-14(2)21(25)23(32)28-18(11-15-12-26-17-8-5-4-7-16(15)17)22(31)27-13-20(30)29-10-6-9-19(29)24(33)34/h4-5,7-8,12,14,18-19,21,26H,3,6,9-11,13,25H2,1-2H3,(H,27,31)(H,28,32)(H,33,34). The molecule has 34 heavy (non-hydrogen) atoms. The Morgan fingerprint density at radius 2 is 1.97 bits per heavy atom. The Kier molecular flexibility index (Phi) is 8.27. The van der Waals surface area contributed by atoms with Crippen LogP contribution in [0.25, 0.3) is 10.9 Å². The summed E-state index contributed by atoms with van der Waals surface area (Å²) < 4.78 is 0. The van der Waals surface area contributed by atoms with Crippen molar-refractivity contribution in [3.05, 3.63) is 36.0 Å². The Bertz CT molecular complexity index is 1050. The molecule has 4 atom stereocenters. The Morgan fingerprint density at radius 3 is 2.68 bits per heavy atom. The van der Waals surface area contributed by atoms with E-state index in [2.05, 4.69) is 15.6 Å². The molecule has 1 aromatic heterocycles. The first-order valence-corrected chi connectivity index (χ1v) is 11.6. The van der Waals surface area contributed by atoms with Crippen LogP contribution in [0, 0.1) is 5.92 Å². The number of carbonyl (C=O) groups is 4. The van der Waals surface area contributed by atoms with Gasteiger partial charge >= 0.3 is 5.97 Å². The zero-order chi connectivity index (χ0) is 24.8. The summed E-state index contributed by atoms with van der Waals surface area (Å²) in [6.45, 7) is 3.79. The first-order valence-electron chi connectivity index (χ1n) is 11.6. The van der Waals surface area contributed by atoms with Gasteiger partial charge < -0.3 is 31.4 Å². The van der Waals surface area contributed by atoms with Crippen molar-refractivity contribution in [2.45, 2.75) is 57.7 Å². The molecule has 1 fully saturated rings. The molecular formula is C24H33N5O5. The lowest BCUT2D eigenvalue weighted by molar-refractivity contribution is -0.148. The van der Waals surface area contributed by atoms with Crippen molar-refractivity contribution < 1.29 is 24.3 Å². The van der Waals surface area contributed by atoms with Gasteiger partial charge in [-0.3, -0.25) is 14.4 Å². The minimum Gasteiger partial charge on any atom is -0.480 e. The number of carboxylic acids is 1. The highest BCUT2D eigenvalue weighted by Gasteiger charge is 2.34. The maximum absolute atomic E-state index is 13.1. The minimum atomic E-state index is -1.05. The van der Waals surface area contributed by atoms with Crippen LogP contribution in [0.5, 0.6) is 0 Å². The van der Waals surface area contributed by atoms with Gasteiger partial charge in [0.1, 0.15) is 12.1 Å². The molecular weight excluding hydrogens is 438 g/mol. The molecule has 2 heterocycles. The first-order chi connectivity index (χ1) is 16.2. The van der Waals surface area contributed by atoms with E-state index in [1.165, 1.54) is 4.90 Å². The lowest BCUT2D eigenvalue weighted by Crippen LogP contribution is -2.55. The van der Waals surface area contributed by atoms with Gasteiger partial charge in [0.2, 0.25) is 17.7 Å². The topological polar surface area (TPSA) is 158 Å². The highest BCUT2D eigenvalue weighted by Crippen LogP contribution is 2.20. The molecule has 0 radical (unpaired) electrons. The van der Waals surface area contributed by atoms with Crippen molar-refractivity contribution in [2.24, 2.45) is 11.7 Å².